The second-order valence-electron chi connectivity index (χ2n) is 5.84. The lowest BCUT2D eigenvalue weighted by atomic mass is 10.0. The van der Waals surface area contributed by atoms with E-state index in [1.165, 1.54) is 0 Å². The summed E-state index contributed by atoms with van der Waals surface area (Å²) in [6.07, 6.45) is 0. The predicted octanol–water partition coefficient (Wildman–Crippen LogP) is 1.70. The van der Waals surface area contributed by atoms with E-state index in [2.05, 4.69) is 23.8 Å². The molecule has 21 heavy (non-hydrogen) atoms. The van der Waals surface area contributed by atoms with E-state index < -0.39 is 0 Å². The van der Waals surface area contributed by atoms with Crippen LogP contribution in [0.2, 0.25) is 5.02 Å². The monoisotopic (exact) mass is 311 g/mol. The van der Waals surface area contributed by atoms with Crippen molar-refractivity contribution in [2.24, 2.45) is 5.73 Å². The number of ether oxygens (including phenoxy) is 2. The number of nitrogens with two attached hydrogens (primary N) is 1. The number of rotatable bonds is 3. The molecule has 1 aromatic rings. The molecule has 116 valence electrons. The van der Waals surface area contributed by atoms with Crippen LogP contribution in [0.25, 0.3) is 0 Å². The topological polar surface area (TPSA) is 51.0 Å². The van der Waals surface area contributed by atoms with Crippen molar-refractivity contribution in [1.29, 1.82) is 0 Å². The van der Waals surface area contributed by atoms with Gasteiger partial charge in [0.2, 0.25) is 6.79 Å². The lowest BCUT2D eigenvalue weighted by Crippen LogP contribution is -2.52. The molecule has 1 aromatic carbocycles. The van der Waals surface area contributed by atoms with Crippen molar-refractivity contribution in [3.63, 3.8) is 0 Å². The average Bonchev–Trinajstić information content (AvgIpc) is 2.91. The number of fused-ring (bicyclic) bond motifs is 1. The largest absolute Gasteiger partial charge is 0.454 e. The van der Waals surface area contributed by atoms with Crippen LogP contribution in [0.5, 0.6) is 11.5 Å². The summed E-state index contributed by atoms with van der Waals surface area (Å²) in [7, 11) is 2.16. The first-order chi connectivity index (χ1) is 10.1. The van der Waals surface area contributed by atoms with E-state index in [9.17, 15) is 0 Å². The summed E-state index contributed by atoms with van der Waals surface area (Å²) in [5.74, 6) is 1.36. The second kappa shape index (κ2) is 6.01. The van der Waals surface area contributed by atoms with Crippen molar-refractivity contribution in [2.45, 2.75) is 19.0 Å². The highest BCUT2D eigenvalue weighted by Crippen LogP contribution is 2.42. The van der Waals surface area contributed by atoms with Gasteiger partial charge in [-0.1, -0.05) is 11.6 Å². The number of hydrogen-bond donors (Lipinski definition) is 1. The molecule has 0 aromatic heterocycles. The molecule has 0 spiro atoms. The third-order valence-electron chi connectivity index (χ3n) is 4.34. The van der Waals surface area contributed by atoms with E-state index in [1.54, 1.807) is 0 Å². The highest BCUT2D eigenvalue weighted by Gasteiger charge is 2.30. The zero-order chi connectivity index (χ0) is 15.0. The third kappa shape index (κ3) is 2.83. The Morgan fingerprint density at radius 1 is 1.38 bits per heavy atom. The summed E-state index contributed by atoms with van der Waals surface area (Å²) in [6, 6.07) is 4.58. The summed E-state index contributed by atoms with van der Waals surface area (Å²) in [5, 5.41) is 0.597. The molecule has 2 aliphatic heterocycles. The summed E-state index contributed by atoms with van der Waals surface area (Å²) in [6.45, 7) is 6.15. The predicted molar refractivity (Wildman–Crippen MR) is 83.0 cm³/mol. The van der Waals surface area contributed by atoms with Crippen LogP contribution in [-0.4, -0.2) is 55.9 Å². The van der Waals surface area contributed by atoms with E-state index in [1.807, 2.05) is 12.1 Å². The Balaban J connectivity index is 1.88. The van der Waals surface area contributed by atoms with Crippen molar-refractivity contribution in [3.05, 3.63) is 22.7 Å². The van der Waals surface area contributed by atoms with Gasteiger partial charge in [-0.25, -0.2) is 0 Å². The van der Waals surface area contributed by atoms with Crippen molar-refractivity contribution in [2.75, 3.05) is 40.0 Å². The SMILES string of the molecule is CC1CN(C)CCN1C(CN)c1cc(Cl)c2c(c1)OCO2. The Morgan fingerprint density at radius 3 is 2.90 bits per heavy atom. The van der Waals surface area contributed by atoms with Crippen LogP contribution >= 0.6 is 11.6 Å². The molecule has 1 fully saturated rings. The van der Waals surface area contributed by atoms with Gasteiger partial charge in [-0.3, -0.25) is 4.90 Å². The lowest BCUT2D eigenvalue weighted by Gasteiger charge is -2.42. The number of hydrogen-bond acceptors (Lipinski definition) is 5. The standard InChI is InChI=1S/C15H22ClN3O2/c1-10-8-18(2)3-4-19(10)13(7-17)11-5-12(16)15-14(6-11)20-9-21-15/h5-6,10,13H,3-4,7-9,17H2,1-2H3. The number of nitrogens with zero attached hydrogens (tertiary/aromatic N) is 2. The summed E-state index contributed by atoms with van der Waals surface area (Å²) in [4.78, 5) is 4.80. The maximum absolute atomic E-state index is 6.30. The minimum atomic E-state index is 0.153. The van der Waals surface area contributed by atoms with E-state index >= 15 is 0 Å². The Labute approximate surface area is 130 Å². The lowest BCUT2D eigenvalue weighted by molar-refractivity contribution is 0.0635. The number of piperazine rings is 1. The van der Waals surface area contributed by atoms with E-state index in [0.717, 1.165) is 30.9 Å². The molecule has 2 aliphatic rings. The minimum absolute atomic E-state index is 0.153. The van der Waals surface area contributed by atoms with Gasteiger partial charge < -0.3 is 20.1 Å². The summed E-state index contributed by atoms with van der Waals surface area (Å²) in [5.41, 5.74) is 7.16. The molecule has 0 bridgehead atoms. The molecular weight excluding hydrogens is 290 g/mol. The smallest absolute Gasteiger partial charge is 0.231 e. The fraction of sp³-hybridized carbons (Fsp3) is 0.600. The van der Waals surface area contributed by atoms with Crippen molar-refractivity contribution in [1.82, 2.24) is 9.80 Å². The van der Waals surface area contributed by atoms with Gasteiger partial charge >= 0.3 is 0 Å². The van der Waals surface area contributed by atoms with E-state index in [-0.39, 0.29) is 12.8 Å². The molecule has 0 aliphatic carbocycles. The Bertz CT molecular complexity index is 526. The van der Waals surface area contributed by atoms with Crippen molar-refractivity contribution in [3.8, 4) is 11.5 Å². The van der Waals surface area contributed by atoms with Crippen molar-refractivity contribution >= 4 is 11.6 Å². The van der Waals surface area contributed by atoms with Gasteiger partial charge in [0, 0.05) is 38.3 Å². The molecule has 0 amide bonds. The van der Waals surface area contributed by atoms with Crippen LogP contribution in [0.15, 0.2) is 12.1 Å². The molecule has 2 N–H and O–H groups in total. The second-order valence-corrected chi connectivity index (χ2v) is 6.24. The molecule has 0 saturated carbocycles. The van der Waals surface area contributed by atoms with E-state index in [4.69, 9.17) is 26.8 Å². The average molecular weight is 312 g/mol. The highest BCUT2D eigenvalue weighted by atomic mass is 35.5. The molecule has 0 radical (unpaired) electrons. The zero-order valence-corrected chi connectivity index (χ0v) is 13.3. The van der Waals surface area contributed by atoms with Crippen molar-refractivity contribution < 1.29 is 9.47 Å². The van der Waals surface area contributed by atoms with Crippen LogP contribution in [-0.2, 0) is 0 Å². The maximum atomic E-state index is 6.30. The maximum Gasteiger partial charge on any atom is 0.231 e. The fourth-order valence-corrected chi connectivity index (χ4v) is 3.53. The van der Waals surface area contributed by atoms with Gasteiger partial charge in [-0.05, 0) is 31.7 Å². The van der Waals surface area contributed by atoms with Gasteiger partial charge in [0.25, 0.3) is 0 Å². The van der Waals surface area contributed by atoms with Crippen LogP contribution in [0, 0.1) is 0 Å². The number of benzene rings is 1. The van der Waals surface area contributed by atoms with Gasteiger partial charge in [-0.15, -0.1) is 0 Å². The molecule has 3 rings (SSSR count). The van der Waals surface area contributed by atoms with E-state index in [0.29, 0.717) is 23.4 Å². The summed E-state index contributed by atoms with van der Waals surface area (Å²) >= 11 is 6.30. The number of likely N-dealkylation sites (N-methyl/N-ethyl adjacent to an activating group) is 1. The zero-order valence-electron chi connectivity index (χ0n) is 12.5. The molecule has 6 heteroatoms. The molecule has 5 nitrogen and oxygen atoms in total. The first-order valence-corrected chi connectivity index (χ1v) is 7.71. The number of halogens is 1. The molecule has 2 atom stereocenters. The molecular formula is C15H22ClN3O2. The van der Waals surface area contributed by atoms with Crippen LogP contribution in [0.4, 0.5) is 0 Å². The van der Waals surface area contributed by atoms with Crippen LogP contribution in [0.1, 0.15) is 18.5 Å². The molecule has 2 heterocycles. The quantitative estimate of drug-likeness (QED) is 0.921. The Hall–Kier alpha value is -1.01. The molecule has 2 unspecified atom stereocenters. The van der Waals surface area contributed by atoms with Gasteiger partial charge in [0.05, 0.1) is 5.02 Å². The van der Waals surface area contributed by atoms with Gasteiger partial charge in [-0.2, -0.15) is 0 Å². The summed E-state index contributed by atoms with van der Waals surface area (Å²) < 4.78 is 10.8. The Morgan fingerprint density at radius 2 is 2.19 bits per heavy atom. The van der Waals surface area contributed by atoms with Crippen LogP contribution < -0.4 is 15.2 Å². The van der Waals surface area contributed by atoms with Crippen LogP contribution in [0.3, 0.4) is 0 Å². The fourth-order valence-electron chi connectivity index (χ4n) is 3.26. The molecule has 1 saturated heterocycles. The normalized spacial score (nSPS) is 24.3. The van der Waals surface area contributed by atoms with Gasteiger partial charge in [0.15, 0.2) is 11.5 Å². The first-order valence-electron chi connectivity index (χ1n) is 7.33. The first kappa shape index (κ1) is 14.9. The Kier molecular flexibility index (Phi) is 4.26. The highest BCUT2D eigenvalue weighted by molar-refractivity contribution is 6.32. The third-order valence-corrected chi connectivity index (χ3v) is 4.62. The van der Waals surface area contributed by atoms with Gasteiger partial charge in [0.1, 0.15) is 0 Å². The minimum Gasteiger partial charge on any atom is -0.454 e.